The molecule has 0 spiro atoms. The molecule has 1 aromatic rings. The van der Waals surface area contributed by atoms with E-state index >= 15 is 0 Å². The van der Waals surface area contributed by atoms with Gasteiger partial charge in [0.1, 0.15) is 10.6 Å². The third-order valence-corrected chi connectivity index (χ3v) is 5.70. The Bertz CT molecular complexity index is 617. The minimum Gasteiger partial charge on any atom is -0.481 e. The molecule has 1 aromatic heterocycles. The second-order valence-electron chi connectivity index (χ2n) is 5.44. The summed E-state index contributed by atoms with van der Waals surface area (Å²) in [5, 5.41) is 12.9. The number of carboxylic acids is 1. The van der Waals surface area contributed by atoms with Crippen LogP contribution in [0.2, 0.25) is 0 Å². The molecule has 0 radical (unpaired) electrons. The molecule has 0 aliphatic heterocycles. The summed E-state index contributed by atoms with van der Waals surface area (Å²) >= 11 is 0. The van der Waals surface area contributed by atoms with E-state index in [0.717, 1.165) is 0 Å². The van der Waals surface area contributed by atoms with Crippen molar-refractivity contribution in [2.45, 2.75) is 51.0 Å². The summed E-state index contributed by atoms with van der Waals surface area (Å²) in [5.41, 5.74) is -0.809. The van der Waals surface area contributed by atoms with E-state index in [1.54, 1.807) is 6.92 Å². The van der Waals surface area contributed by atoms with Crippen LogP contribution in [-0.4, -0.2) is 30.7 Å². The van der Waals surface area contributed by atoms with E-state index in [0.29, 0.717) is 19.3 Å². The highest BCUT2D eigenvalue weighted by Gasteiger charge is 2.47. The fourth-order valence-corrected chi connectivity index (χ4v) is 4.43. The number of nitrogens with zero attached hydrogens (tertiary/aromatic N) is 1. The Morgan fingerprint density at radius 3 is 2.65 bits per heavy atom. The van der Waals surface area contributed by atoms with Crippen LogP contribution in [0.25, 0.3) is 0 Å². The van der Waals surface area contributed by atoms with Crippen molar-refractivity contribution in [3.05, 3.63) is 11.5 Å². The molecule has 1 fully saturated rings. The van der Waals surface area contributed by atoms with Gasteiger partial charge < -0.3 is 9.63 Å². The molecule has 0 amide bonds. The van der Waals surface area contributed by atoms with Crippen LogP contribution in [0.15, 0.2) is 9.42 Å². The molecule has 20 heavy (non-hydrogen) atoms. The quantitative estimate of drug-likeness (QED) is 0.865. The molecular formula is C12H18N2O5S. The smallest absolute Gasteiger partial charge is 0.310 e. The molecule has 8 heteroatoms. The molecule has 0 bridgehead atoms. The lowest BCUT2D eigenvalue weighted by Crippen LogP contribution is -2.47. The van der Waals surface area contributed by atoms with Crippen molar-refractivity contribution in [3.63, 3.8) is 0 Å². The molecule has 1 heterocycles. The van der Waals surface area contributed by atoms with E-state index in [-0.39, 0.29) is 16.3 Å². The van der Waals surface area contributed by atoms with Gasteiger partial charge in [0.2, 0.25) is 10.0 Å². The van der Waals surface area contributed by atoms with Crippen molar-refractivity contribution in [2.75, 3.05) is 0 Å². The summed E-state index contributed by atoms with van der Waals surface area (Å²) < 4.78 is 32.2. The molecule has 2 rings (SSSR count). The Balaban J connectivity index is 2.32. The van der Waals surface area contributed by atoms with Gasteiger partial charge in [-0.15, -0.1) is 0 Å². The zero-order valence-electron chi connectivity index (χ0n) is 11.6. The van der Waals surface area contributed by atoms with E-state index in [9.17, 15) is 18.3 Å². The van der Waals surface area contributed by atoms with Crippen LogP contribution in [0.3, 0.4) is 0 Å². The Morgan fingerprint density at radius 2 is 2.15 bits per heavy atom. The summed E-state index contributed by atoms with van der Waals surface area (Å²) in [5.74, 6) is -0.786. The predicted molar refractivity (Wildman–Crippen MR) is 69.7 cm³/mol. The molecule has 0 saturated heterocycles. The third kappa shape index (κ3) is 2.33. The molecule has 1 aliphatic carbocycles. The molecule has 2 atom stereocenters. The molecule has 112 valence electrons. The molecule has 2 N–H and O–H groups in total. The highest BCUT2D eigenvalue weighted by molar-refractivity contribution is 7.89. The lowest BCUT2D eigenvalue weighted by atomic mass is 9.85. The standard InChI is InChI=1S/C12H18N2O5S/c1-7-10(8(2)19-13-7)20(17,18)14-9-5-4-6-12(9,3)11(15)16/h9,14H,4-6H2,1-3H3,(H,15,16). The second-order valence-corrected chi connectivity index (χ2v) is 7.09. The molecule has 2 unspecified atom stereocenters. The number of nitrogens with one attached hydrogen (secondary N) is 1. The number of hydrogen-bond donors (Lipinski definition) is 2. The largest absolute Gasteiger partial charge is 0.481 e. The first kappa shape index (κ1) is 15.0. The second kappa shape index (κ2) is 4.85. The average molecular weight is 302 g/mol. The summed E-state index contributed by atoms with van der Waals surface area (Å²) in [6, 6.07) is -0.626. The number of hydrogen-bond acceptors (Lipinski definition) is 5. The molecule has 0 aromatic carbocycles. The van der Waals surface area contributed by atoms with Gasteiger partial charge in [-0.05, 0) is 33.6 Å². The highest BCUT2D eigenvalue weighted by atomic mass is 32.2. The number of rotatable bonds is 4. The normalized spacial score (nSPS) is 26.9. The van der Waals surface area contributed by atoms with Crippen molar-refractivity contribution >= 4 is 16.0 Å². The van der Waals surface area contributed by atoms with E-state index in [1.165, 1.54) is 13.8 Å². The summed E-state index contributed by atoms with van der Waals surface area (Å²) in [6.07, 6.45) is 1.64. The highest BCUT2D eigenvalue weighted by Crippen LogP contribution is 2.39. The third-order valence-electron chi connectivity index (χ3n) is 3.98. The van der Waals surface area contributed by atoms with Crippen molar-refractivity contribution in [3.8, 4) is 0 Å². The van der Waals surface area contributed by atoms with E-state index in [4.69, 9.17) is 4.52 Å². The SMILES string of the molecule is Cc1noc(C)c1S(=O)(=O)NC1CCCC1(C)C(=O)O. The first-order chi connectivity index (χ1) is 9.18. The Morgan fingerprint density at radius 1 is 1.50 bits per heavy atom. The maximum absolute atomic E-state index is 12.4. The predicted octanol–water partition coefficient (Wildman–Crippen LogP) is 1.21. The van der Waals surface area contributed by atoms with E-state index < -0.39 is 27.4 Å². The number of sulfonamides is 1. The number of aliphatic carboxylic acids is 1. The van der Waals surface area contributed by atoms with Gasteiger partial charge in [0, 0.05) is 6.04 Å². The van der Waals surface area contributed by atoms with E-state index in [2.05, 4.69) is 9.88 Å². The van der Waals surface area contributed by atoms with Crippen LogP contribution in [0, 0.1) is 19.3 Å². The van der Waals surface area contributed by atoms with Gasteiger partial charge in [0.05, 0.1) is 5.41 Å². The maximum Gasteiger partial charge on any atom is 0.310 e. The molecular weight excluding hydrogens is 284 g/mol. The summed E-state index contributed by atoms with van der Waals surface area (Å²) in [7, 11) is -3.84. The molecule has 1 saturated carbocycles. The monoisotopic (exact) mass is 302 g/mol. The van der Waals surface area contributed by atoms with Crippen LogP contribution in [0.5, 0.6) is 0 Å². The van der Waals surface area contributed by atoms with Crippen LogP contribution < -0.4 is 4.72 Å². The van der Waals surface area contributed by atoms with Crippen molar-refractivity contribution in [2.24, 2.45) is 5.41 Å². The number of carbonyl (C=O) groups is 1. The lowest BCUT2D eigenvalue weighted by Gasteiger charge is -2.27. The number of aryl methyl sites for hydroxylation is 2. The first-order valence-corrected chi connectivity index (χ1v) is 7.85. The fraction of sp³-hybridized carbons (Fsp3) is 0.667. The van der Waals surface area contributed by atoms with Gasteiger partial charge in [-0.25, -0.2) is 13.1 Å². The minimum atomic E-state index is -3.84. The molecule has 1 aliphatic rings. The van der Waals surface area contributed by atoms with Crippen LogP contribution in [-0.2, 0) is 14.8 Å². The first-order valence-electron chi connectivity index (χ1n) is 6.37. The topological polar surface area (TPSA) is 110 Å². The van der Waals surface area contributed by atoms with Gasteiger partial charge in [-0.2, -0.15) is 0 Å². The van der Waals surface area contributed by atoms with Crippen LogP contribution >= 0.6 is 0 Å². The average Bonchev–Trinajstić information content (AvgIpc) is 2.84. The Hall–Kier alpha value is -1.41. The van der Waals surface area contributed by atoms with Crippen molar-refractivity contribution in [1.29, 1.82) is 0 Å². The number of carboxylic acid groups (broad SMARTS) is 1. The Labute approximate surface area is 117 Å². The van der Waals surface area contributed by atoms with Crippen molar-refractivity contribution in [1.82, 2.24) is 9.88 Å². The van der Waals surface area contributed by atoms with Crippen LogP contribution in [0.1, 0.15) is 37.6 Å². The maximum atomic E-state index is 12.4. The van der Waals surface area contributed by atoms with Gasteiger partial charge in [0.15, 0.2) is 5.76 Å². The Kier molecular flexibility index (Phi) is 3.64. The minimum absolute atomic E-state index is 0.00265. The van der Waals surface area contributed by atoms with Gasteiger partial charge in [0.25, 0.3) is 0 Å². The lowest BCUT2D eigenvalue weighted by molar-refractivity contribution is -0.148. The molecule has 7 nitrogen and oxygen atoms in total. The number of aromatic nitrogens is 1. The van der Waals surface area contributed by atoms with Gasteiger partial charge in [-0.3, -0.25) is 4.79 Å². The summed E-state index contributed by atoms with van der Waals surface area (Å²) in [6.45, 7) is 4.62. The van der Waals surface area contributed by atoms with Gasteiger partial charge >= 0.3 is 5.97 Å². The zero-order chi connectivity index (χ0) is 15.1. The van der Waals surface area contributed by atoms with E-state index in [1.807, 2.05) is 0 Å². The summed E-state index contributed by atoms with van der Waals surface area (Å²) in [4.78, 5) is 11.4. The zero-order valence-corrected chi connectivity index (χ0v) is 12.5. The van der Waals surface area contributed by atoms with Crippen molar-refractivity contribution < 1.29 is 22.8 Å². The fourth-order valence-electron chi connectivity index (χ4n) is 2.72. The van der Waals surface area contributed by atoms with Gasteiger partial charge in [-0.1, -0.05) is 11.6 Å². The van der Waals surface area contributed by atoms with Crippen LogP contribution in [0.4, 0.5) is 0 Å².